The first kappa shape index (κ1) is 17.8. The second-order valence-electron chi connectivity index (χ2n) is 7.59. The molecule has 1 N–H and O–H groups in total. The van der Waals surface area contributed by atoms with Crippen LogP contribution in [0.25, 0.3) is 16.6 Å². The van der Waals surface area contributed by atoms with Crippen LogP contribution < -0.4 is 5.69 Å². The zero-order chi connectivity index (χ0) is 20.1. The fourth-order valence-corrected chi connectivity index (χ4v) is 4.03. The summed E-state index contributed by atoms with van der Waals surface area (Å²) in [5.41, 5.74) is 2.35. The van der Waals surface area contributed by atoms with Crippen molar-refractivity contribution in [3.05, 3.63) is 75.7 Å². The van der Waals surface area contributed by atoms with Crippen molar-refractivity contribution in [1.82, 2.24) is 14.5 Å². The van der Waals surface area contributed by atoms with Gasteiger partial charge in [-0.15, -0.1) is 0 Å². The summed E-state index contributed by atoms with van der Waals surface area (Å²) in [5, 5.41) is 0. The molecule has 1 aliphatic carbocycles. The van der Waals surface area contributed by atoms with Crippen LogP contribution in [0.1, 0.15) is 41.2 Å². The van der Waals surface area contributed by atoms with Crippen LogP contribution in [0.2, 0.25) is 0 Å². The number of carbonyl (C=O) groups excluding carboxylic acids is 1. The highest BCUT2D eigenvalue weighted by Gasteiger charge is 2.28. The number of hydrogen-bond acceptors (Lipinski definition) is 2. The van der Waals surface area contributed by atoms with Gasteiger partial charge in [0.15, 0.2) is 0 Å². The molecule has 0 saturated heterocycles. The summed E-state index contributed by atoms with van der Waals surface area (Å²) in [6.45, 7) is 0.648. The molecule has 0 spiro atoms. The van der Waals surface area contributed by atoms with Gasteiger partial charge in [-0.25, -0.2) is 13.6 Å². The molecule has 2 heterocycles. The van der Waals surface area contributed by atoms with E-state index in [2.05, 4.69) is 4.98 Å². The minimum Gasteiger partial charge on any atom is -0.335 e. The van der Waals surface area contributed by atoms with E-state index in [0.717, 1.165) is 18.4 Å². The van der Waals surface area contributed by atoms with E-state index in [1.807, 2.05) is 0 Å². The maximum absolute atomic E-state index is 14.0. The summed E-state index contributed by atoms with van der Waals surface area (Å²) in [7, 11) is 0. The summed E-state index contributed by atoms with van der Waals surface area (Å²) >= 11 is 0. The van der Waals surface area contributed by atoms with Gasteiger partial charge in [0.05, 0.1) is 11.0 Å². The predicted octanol–water partition coefficient (Wildman–Crippen LogP) is 3.87. The number of nitrogens with one attached hydrogen (secondary N) is 1. The maximum Gasteiger partial charge on any atom is 0.326 e. The van der Waals surface area contributed by atoms with E-state index in [9.17, 15) is 18.4 Å². The molecule has 0 atom stereocenters. The van der Waals surface area contributed by atoms with Gasteiger partial charge in [0, 0.05) is 30.3 Å². The number of aromatic amines is 1. The van der Waals surface area contributed by atoms with Crippen LogP contribution in [0.4, 0.5) is 8.78 Å². The maximum atomic E-state index is 14.0. The van der Waals surface area contributed by atoms with Crippen LogP contribution >= 0.6 is 0 Å². The zero-order valence-electron chi connectivity index (χ0n) is 15.6. The number of H-pyrrole nitrogens is 1. The fourth-order valence-electron chi connectivity index (χ4n) is 4.03. The lowest BCUT2D eigenvalue weighted by Gasteiger charge is -2.27. The standard InChI is InChI=1S/C22H19F2N3O2/c23-16-2-1-3-17(24)20(16)13-8-10-26(11-9-13)21(28)14-4-7-19-18(12-14)25-22(29)27(19)15-5-6-15/h1-4,7-8,12,15H,5-6,9-11H2,(H,25,29). The Hall–Kier alpha value is -3.22. The molecule has 29 heavy (non-hydrogen) atoms. The van der Waals surface area contributed by atoms with Gasteiger partial charge in [0.2, 0.25) is 0 Å². The molecule has 1 aliphatic heterocycles. The highest BCUT2D eigenvalue weighted by Crippen LogP contribution is 2.36. The van der Waals surface area contributed by atoms with Crippen molar-refractivity contribution in [2.45, 2.75) is 25.3 Å². The molecule has 0 bridgehead atoms. The molecule has 1 amide bonds. The van der Waals surface area contributed by atoms with E-state index >= 15 is 0 Å². The van der Waals surface area contributed by atoms with E-state index in [1.165, 1.54) is 18.2 Å². The van der Waals surface area contributed by atoms with E-state index in [-0.39, 0.29) is 29.7 Å². The molecule has 1 fully saturated rings. The monoisotopic (exact) mass is 395 g/mol. The van der Waals surface area contributed by atoms with Crippen LogP contribution in [-0.4, -0.2) is 33.4 Å². The molecule has 1 saturated carbocycles. The molecule has 5 nitrogen and oxygen atoms in total. The molecule has 0 radical (unpaired) electrons. The van der Waals surface area contributed by atoms with Crippen LogP contribution in [0.15, 0.2) is 47.3 Å². The lowest BCUT2D eigenvalue weighted by atomic mass is 9.98. The Morgan fingerprint density at radius 2 is 1.86 bits per heavy atom. The summed E-state index contributed by atoms with van der Waals surface area (Å²) in [4.78, 5) is 29.5. The first-order valence-electron chi connectivity index (χ1n) is 9.70. The van der Waals surface area contributed by atoms with Crippen molar-refractivity contribution in [2.24, 2.45) is 0 Å². The van der Waals surface area contributed by atoms with Crippen molar-refractivity contribution < 1.29 is 13.6 Å². The lowest BCUT2D eigenvalue weighted by Crippen LogP contribution is -2.34. The van der Waals surface area contributed by atoms with Crippen LogP contribution in [-0.2, 0) is 0 Å². The normalized spacial score (nSPS) is 16.9. The van der Waals surface area contributed by atoms with Gasteiger partial charge < -0.3 is 9.88 Å². The highest BCUT2D eigenvalue weighted by atomic mass is 19.1. The Bertz CT molecular complexity index is 1200. The van der Waals surface area contributed by atoms with Crippen LogP contribution in [0, 0.1) is 11.6 Å². The number of amides is 1. The Morgan fingerprint density at radius 1 is 1.10 bits per heavy atom. The van der Waals surface area contributed by atoms with Crippen molar-refractivity contribution in [2.75, 3.05) is 13.1 Å². The topological polar surface area (TPSA) is 58.1 Å². The largest absolute Gasteiger partial charge is 0.335 e. The second-order valence-corrected chi connectivity index (χ2v) is 7.59. The van der Waals surface area contributed by atoms with E-state index in [4.69, 9.17) is 0 Å². The van der Waals surface area contributed by atoms with E-state index < -0.39 is 11.6 Å². The summed E-state index contributed by atoms with van der Waals surface area (Å²) in [5.74, 6) is -1.35. The lowest BCUT2D eigenvalue weighted by molar-refractivity contribution is 0.0773. The van der Waals surface area contributed by atoms with Crippen molar-refractivity contribution in [1.29, 1.82) is 0 Å². The number of nitrogens with zero attached hydrogens (tertiary/aromatic N) is 2. The molecule has 7 heteroatoms. The van der Waals surface area contributed by atoms with E-state index in [1.54, 1.807) is 33.7 Å². The molecular formula is C22H19F2N3O2. The van der Waals surface area contributed by atoms with Crippen molar-refractivity contribution in [3.63, 3.8) is 0 Å². The van der Waals surface area contributed by atoms with Gasteiger partial charge in [0.1, 0.15) is 11.6 Å². The molecule has 2 aliphatic rings. The Morgan fingerprint density at radius 3 is 2.52 bits per heavy atom. The average Bonchev–Trinajstić information content (AvgIpc) is 3.49. The quantitative estimate of drug-likeness (QED) is 0.732. The van der Waals surface area contributed by atoms with Crippen LogP contribution in [0.5, 0.6) is 0 Å². The smallest absolute Gasteiger partial charge is 0.326 e. The number of carbonyl (C=O) groups is 1. The molecule has 5 rings (SSSR count). The molecule has 148 valence electrons. The predicted molar refractivity (Wildman–Crippen MR) is 106 cm³/mol. The van der Waals surface area contributed by atoms with Gasteiger partial charge in [-0.1, -0.05) is 12.1 Å². The minimum atomic E-state index is -0.592. The number of hydrogen-bond donors (Lipinski definition) is 1. The number of fused-ring (bicyclic) bond motifs is 1. The Labute approximate surface area is 165 Å². The highest BCUT2D eigenvalue weighted by molar-refractivity contribution is 5.98. The number of benzene rings is 2. The van der Waals surface area contributed by atoms with Gasteiger partial charge in [0.25, 0.3) is 5.91 Å². The molecule has 1 aromatic heterocycles. The number of rotatable bonds is 3. The molecule has 2 aromatic carbocycles. The van der Waals surface area contributed by atoms with E-state index in [0.29, 0.717) is 29.6 Å². The zero-order valence-corrected chi connectivity index (χ0v) is 15.6. The number of halogens is 2. The van der Waals surface area contributed by atoms with Crippen LogP contribution in [0.3, 0.4) is 0 Å². The number of imidazole rings is 1. The first-order valence-corrected chi connectivity index (χ1v) is 9.70. The Kier molecular flexibility index (Phi) is 4.12. The third-order valence-corrected chi connectivity index (χ3v) is 5.66. The molecular weight excluding hydrogens is 376 g/mol. The summed E-state index contributed by atoms with van der Waals surface area (Å²) in [6.07, 6.45) is 4.07. The van der Waals surface area contributed by atoms with Crippen molar-refractivity contribution >= 4 is 22.5 Å². The second kappa shape index (κ2) is 6.69. The fraction of sp³-hybridized carbons (Fsp3) is 0.273. The first-order chi connectivity index (χ1) is 14.0. The van der Waals surface area contributed by atoms with Crippen molar-refractivity contribution in [3.8, 4) is 0 Å². The number of aromatic nitrogens is 2. The molecule has 0 unspecified atom stereocenters. The van der Waals surface area contributed by atoms with Gasteiger partial charge in [-0.2, -0.15) is 0 Å². The Balaban J connectivity index is 1.39. The third-order valence-electron chi connectivity index (χ3n) is 5.66. The third kappa shape index (κ3) is 3.06. The van der Waals surface area contributed by atoms with Gasteiger partial charge in [-0.3, -0.25) is 9.36 Å². The summed E-state index contributed by atoms with van der Waals surface area (Å²) in [6, 6.07) is 9.30. The summed E-state index contributed by atoms with van der Waals surface area (Å²) < 4.78 is 29.8. The minimum absolute atomic E-state index is 0.0139. The molecule has 3 aromatic rings. The average molecular weight is 395 g/mol. The SMILES string of the molecule is O=C(c1ccc2c(c1)[nH]c(=O)n2C1CC1)N1CC=C(c2c(F)cccc2F)CC1. The van der Waals surface area contributed by atoms with Gasteiger partial charge >= 0.3 is 5.69 Å². The van der Waals surface area contributed by atoms with Gasteiger partial charge in [-0.05, 0) is 55.2 Å².